The summed E-state index contributed by atoms with van der Waals surface area (Å²) in [6.07, 6.45) is 0. The molecule has 3 rings (SSSR count). The summed E-state index contributed by atoms with van der Waals surface area (Å²) in [4.78, 5) is 5.18. The Labute approximate surface area is 128 Å². The van der Waals surface area contributed by atoms with Crippen LogP contribution in [0.5, 0.6) is 0 Å². The minimum absolute atomic E-state index is 0.367. The van der Waals surface area contributed by atoms with E-state index in [-0.39, 0.29) is 0 Å². The lowest BCUT2D eigenvalue weighted by Gasteiger charge is -2.28. The third kappa shape index (κ3) is 3.65. The number of hydrogen-bond acceptors (Lipinski definition) is 3. The number of hydrogen-bond donors (Lipinski definition) is 0. The summed E-state index contributed by atoms with van der Waals surface area (Å²) in [5.41, 5.74) is 1.86. The van der Waals surface area contributed by atoms with Gasteiger partial charge in [0.15, 0.2) is 0 Å². The van der Waals surface area contributed by atoms with E-state index in [1.807, 2.05) is 0 Å². The van der Waals surface area contributed by atoms with E-state index >= 15 is 0 Å². The molecule has 0 spiro atoms. The molecule has 116 valence electrons. The summed E-state index contributed by atoms with van der Waals surface area (Å²) in [5, 5.41) is 0. The molecule has 2 fully saturated rings. The Morgan fingerprint density at radius 3 is 2.43 bits per heavy atom. The second-order valence-corrected chi connectivity index (χ2v) is 7.14. The lowest BCUT2D eigenvalue weighted by molar-refractivity contribution is 0.0340. The summed E-state index contributed by atoms with van der Waals surface area (Å²) in [6, 6.07) is 11.0. The van der Waals surface area contributed by atoms with Gasteiger partial charge in [-0.3, -0.25) is 4.90 Å². The summed E-state index contributed by atoms with van der Waals surface area (Å²) < 4.78 is 5.42. The standard InChI is InChI=1S/C18H28N2O/c1-18(2)15-20(9-8-19-10-12-21-13-11-19)14-17(18)16-6-4-3-5-7-16/h3-7,17H,8-15H2,1-2H3/t17-/m1/s1. The quantitative estimate of drug-likeness (QED) is 0.846. The first-order valence-corrected chi connectivity index (χ1v) is 8.22. The molecule has 1 aromatic carbocycles. The van der Waals surface area contributed by atoms with Gasteiger partial charge in [-0.25, -0.2) is 0 Å². The molecule has 21 heavy (non-hydrogen) atoms. The van der Waals surface area contributed by atoms with Crippen molar-refractivity contribution in [1.82, 2.24) is 9.80 Å². The van der Waals surface area contributed by atoms with Crippen LogP contribution in [0.3, 0.4) is 0 Å². The molecule has 2 saturated heterocycles. The highest BCUT2D eigenvalue weighted by atomic mass is 16.5. The van der Waals surface area contributed by atoms with E-state index in [2.05, 4.69) is 54.0 Å². The molecule has 1 atom stereocenters. The highest BCUT2D eigenvalue weighted by molar-refractivity contribution is 5.24. The molecular formula is C18H28N2O. The van der Waals surface area contributed by atoms with Crippen molar-refractivity contribution in [1.29, 1.82) is 0 Å². The molecular weight excluding hydrogens is 260 g/mol. The van der Waals surface area contributed by atoms with Crippen LogP contribution in [0, 0.1) is 5.41 Å². The number of benzene rings is 1. The maximum absolute atomic E-state index is 5.42. The maximum atomic E-state index is 5.42. The minimum Gasteiger partial charge on any atom is -0.379 e. The normalized spacial score (nSPS) is 27.0. The van der Waals surface area contributed by atoms with Crippen LogP contribution in [-0.2, 0) is 4.74 Å². The predicted octanol–water partition coefficient (Wildman–Crippen LogP) is 2.44. The Morgan fingerprint density at radius 2 is 1.71 bits per heavy atom. The first-order chi connectivity index (χ1) is 10.1. The molecule has 2 aliphatic heterocycles. The maximum Gasteiger partial charge on any atom is 0.0594 e. The first kappa shape index (κ1) is 15.0. The second-order valence-electron chi connectivity index (χ2n) is 7.14. The van der Waals surface area contributed by atoms with E-state index in [9.17, 15) is 0 Å². The zero-order valence-electron chi connectivity index (χ0n) is 13.4. The van der Waals surface area contributed by atoms with Gasteiger partial charge in [0.25, 0.3) is 0 Å². The van der Waals surface area contributed by atoms with E-state index in [4.69, 9.17) is 4.74 Å². The van der Waals surface area contributed by atoms with Gasteiger partial charge >= 0.3 is 0 Å². The van der Waals surface area contributed by atoms with Crippen molar-refractivity contribution in [2.75, 3.05) is 52.5 Å². The van der Waals surface area contributed by atoms with Crippen molar-refractivity contribution < 1.29 is 4.74 Å². The average molecular weight is 288 g/mol. The van der Waals surface area contributed by atoms with Gasteiger partial charge in [0, 0.05) is 45.2 Å². The van der Waals surface area contributed by atoms with Crippen LogP contribution in [0.2, 0.25) is 0 Å². The van der Waals surface area contributed by atoms with Gasteiger partial charge in [0.05, 0.1) is 13.2 Å². The Hall–Kier alpha value is -0.900. The fraction of sp³-hybridized carbons (Fsp3) is 0.667. The molecule has 0 radical (unpaired) electrons. The summed E-state index contributed by atoms with van der Waals surface area (Å²) in [7, 11) is 0. The number of ether oxygens (including phenoxy) is 1. The fourth-order valence-electron chi connectivity index (χ4n) is 3.78. The molecule has 0 N–H and O–H groups in total. The number of rotatable bonds is 4. The summed E-state index contributed by atoms with van der Waals surface area (Å²) in [5.74, 6) is 0.656. The third-order valence-corrected chi connectivity index (χ3v) is 5.05. The van der Waals surface area contributed by atoms with E-state index < -0.39 is 0 Å². The van der Waals surface area contributed by atoms with Gasteiger partial charge in [-0.2, -0.15) is 0 Å². The monoisotopic (exact) mass is 288 g/mol. The van der Waals surface area contributed by atoms with Gasteiger partial charge in [-0.1, -0.05) is 44.2 Å². The number of likely N-dealkylation sites (tertiary alicyclic amines) is 1. The van der Waals surface area contributed by atoms with Crippen LogP contribution in [0.15, 0.2) is 30.3 Å². The highest BCUT2D eigenvalue weighted by Crippen LogP contribution is 2.41. The van der Waals surface area contributed by atoms with Gasteiger partial charge in [-0.05, 0) is 11.0 Å². The molecule has 0 unspecified atom stereocenters. The van der Waals surface area contributed by atoms with E-state index in [0.717, 1.165) is 26.3 Å². The highest BCUT2D eigenvalue weighted by Gasteiger charge is 2.39. The van der Waals surface area contributed by atoms with Gasteiger partial charge in [0.2, 0.25) is 0 Å². The Bertz CT molecular complexity index is 440. The molecule has 1 aromatic rings. The molecule has 0 bridgehead atoms. The number of morpholine rings is 1. The van der Waals surface area contributed by atoms with Crippen LogP contribution >= 0.6 is 0 Å². The van der Waals surface area contributed by atoms with Crippen LogP contribution in [-0.4, -0.2) is 62.3 Å². The molecule has 0 saturated carbocycles. The predicted molar refractivity (Wildman–Crippen MR) is 86.7 cm³/mol. The molecule has 0 amide bonds. The van der Waals surface area contributed by atoms with Gasteiger partial charge in [-0.15, -0.1) is 0 Å². The van der Waals surface area contributed by atoms with Crippen molar-refractivity contribution in [3.05, 3.63) is 35.9 Å². The second kappa shape index (κ2) is 6.47. The Balaban J connectivity index is 1.57. The van der Waals surface area contributed by atoms with Crippen LogP contribution in [0.1, 0.15) is 25.3 Å². The minimum atomic E-state index is 0.367. The van der Waals surface area contributed by atoms with E-state index in [1.165, 1.54) is 31.7 Å². The number of nitrogens with zero attached hydrogens (tertiary/aromatic N) is 2. The first-order valence-electron chi connectivity index (χ1n) is 8.22. The lowest BCUT2D eigenvalue weighted by atomic mass is 9.78. The van der Waals surface area contributed by atoms with Crippen LogP contribution in [0.4, 0.5) is 0 Å². The van der Waals surface area contributed by atoms with Crippen molar-refractivity contribution >= 4 is 0 Å². The van der Waals surface area contributed by atoms with Crippen LogP contribution in [0.25, 0.3) is 0 Å². The summed E-state index contributed by atoms with van der Waals surface area (Å²) >= 11 is 0. The average Bonchev–Trinajstić information content (AvgIpc) is 2.82. The zero-order chi connectivity index (χ0) is 14.7. The van der Waals surface area contributed by atoms with Crippen molar-refractivity contribution in [2.24, 2.45) is 5.41 Å². The molecule has 0 aromatic heterocycles. The van der Waals surface area contributed by atoms with Crippen molar-refractivity contribution in [2.45, 2.75) is 19.8 Å². The van der Waals surface area contributed by atoms with Crippen molar-refractivity contribution in [3.8, 4) is 0 Å². The van der Waals surface area contributed by atoms with Gasteiger partial charge in [0.1, 0.15) is 0 Å². The van der Waals surface area contributed by atoms with E-state index in [1.54, 1.807) is 0 Å². The van der Waals surface area contributed by atoms with E-state index in [0.29, 0.717) is 11.3 Å². The Morgan fingerprint density at radius 1 is 1.05 bits per heavy atom. The molecule has 2 heterocycles. The topological polar surface area (TPSA) is 15.7 Å². The zero-order valence-corrected chi connectivity index (χ0v) is 13.4. The fourth-order valence-corrected chi connectivity index (χ4v) is 3.78. The SMILES string of the molecule is CC1(C)CN(CCN2CCOCC2)C[C@@H]1c1ccccc1. The lowest BCUT2D eigenvalue weighted by Crippen LogP contribution is -2.41. The van der Waals surface area contributed by atoms with Crippen LogP contribution < -0.4 is 0 Å². The molecule has 3 nitrogen and oxygen atoms in total. The smallest absolute Gasteiger partial charge is 0.0594 e. The molecule has 3 heteroatoms. The van der Waals surface area contributed by atoms with Gasteiger partial charge < -0.3 is 9.64 Å². The van der Waals surface area contributed by atoms with Crippen molar-refractivity contribution in [3.63, 3.8) is 0 Å². The largest absolute Gasteiger partial charge is 0.379 e. The Kier molecular flexibility index (Phi) is 4.63. The summed E-state index contributed by atoms with van der Waals surface area (Å²) in [6.45, 7) is 13.6. The molecule has 0 aliphatic carbocycles. The third-order valence-electron chi connectivity index (χ3n) is 5.05. The molecule has 2 aliphatic rings.